The van der Waals surface area contributed by atoms with Gasteiger partial charge in [0.1, 0.15) is 17.5 Å². The molecule has 0 bridgehead atoms. The first-order valence-corrected chi connectivity index (χ1v) is 9.60. The molecule has 0 spiro atoms. The molecular weight excluding hydrogens is 404 g/mol. The van der Waals surface area contributed by atoms with Crippen LogP contribution in [-0.2, 0) is 22.4 Å². The number of nitrogens with zero attached hydrogens (tertiary/aromatic N) is 2. The Balaban J connectivity index is 1.98. The first-order valence-electron chi connectivity index (χ1n) is 9.60. The second kappa shape index (κ2) is 9.45. The van der Waals surface area contributed by atoms with Crippen LogP contribution in [0, 0.1) is 0 Å². The second-order valence-corrected chi connectivity index (χ2v) is 6.99. The molecule has 31 heavy (non-hydrogen) atoms. The molecule has 1 aromatic heterocycles. The van der Waals surface area contributed by atoms with E-state index in [-0.39, 0.29) is 17.9 Å². The van der Waals surface area contributed by atoms with Crippen molar-refractivity contribution in [3.05, 3.63) is 74.6 Å². The minimum Gasteiger partial charge on any atom is -0.506 e. The van der Waals surface area contributed by atoms with Crippen LogP contribution >= 0.6 is 0 Å². The van der Waals surface area contributed by atoms with Crippen molar-refractivity contribution in [2.75, 3.05) is 20.8 Å². The van der Waals surface area contributed by atoms with Crippen molar-refractivity contribution >= 4 is 5.97 Å². The molecule has 0 saturated carbocycles. The Hall–Kier alpha value is -3.63. The van der Waals surface area contributed by atoms with Gasteiger partial charge < -0.3 is 20.3 Å². The number of H-pyrrole nitrogens is 1. The van der Waals surface area contributed by atoms with Gasteiger partial charge in [-0.2, -0.15) is 4.68 Å². The van der Waals surface area contributed by atoms with Crippen molar-refractivity contribution in [3.8, 4) is 17.1 Å². The van der Waals surface area contributed by atoms with E-state index in [9.17, 15) is 24.6 Å². The smallest absolute Gasteiger partial charge is 0.356 e. The van der Waals surface area contributed by atoms with Crippen molar-refractivity contribution < 1.29 is 19.7 Å². The van der Waals surface area contributed by atoms with Gasteiger partial charge in [0, 0.05) is 7.11 Å². The summed E-state index contributed by atoms with van der Waals surface area (Å²) >= 11 is 0. The predicted octanol–water partition coefficient (Wildman–Crippen LogP) is 0.426. The van der Waals surface area contributed by atoms with Crippen molar-refractivity contribution in [2.45, 2.75) is 18.9 Å². The molecule has 4 N–H and O–H groups in total. The summed E-state index contributed by atoms with van der Waals surface area (Å²) in [5, 5.41) is 24.6. The minimum atomic E-state index is -1.03. The van der Waals surface area contributed by atoms with E-state index in [0.717, 1.165) is 14.8 Å². The summed E-state index contributed by atoms with van der Waals surface area (Å²) in [6.45, 7) is 0.558. The zero-order valence-electron chi connectivity index (χ0n) is 17.2. The van der Waals surface area contributed by atoms with Crippen molar-refractivity contribution in [2.24, 2.45) is 0 Å². The van der Waals surface area contributed by atoms with Crippen LogP contribution in [0.4, 0.5) is 0 Å². The number of nitrogens with one attached hydrogen (secondary N) is 2. The summed E-state index contributed by atoms with van der Waals surface area (Å²) < 4.78 is 6.94. The summed E-state index contributed by atoms with van der Waals surface area (Å²) in [5.41, 5.74) is 0.636. The molecular formula is C21H24N4O6. The van der Waals surface area contributed by atoms with Crippen LogP contribution in [0.5, 0.6) is 5.75 Å². The van der Waals surface area contributed by atoms with Crippen molar-refractivity contribution in [1.29, 1.82) is 0 Å². The Morgan fingerprint density at radius 2 is 1.84 bits per heavy atom. The average molecular weight is 428 g/mol. The van der Waals surface area contributed by atoms with E-state index in [1.165, 1.54) is 19.2 Å². The molecule has 0 aliphatic heterocycles. The van der Waals surface area contributed by atoms with E-state index in [1.807, 2.05) is 0 Å². The number of phenols is 1. The first kappa shape index (κ1) is 22.1. The number of likely N-dealkylation sites (N-methyl/N-ethyl adjacent to an activating group) is 1. The highest BCUT2D eigenvalue weighted by Crippen LogP contribution is 2.22. The SMILES string of the molecule is CN[C@@H](Cc1ccc(O)c(-n2[nH]c(=O)n(-c3ccc(CCOC)cc3)c2=O)c1)C(=O)O. The summed E-state index contributed by atoms with van der Waals surface area (Å²) in [7, 11) is 3.14. The van der Waals surface area contributed by atoms with E-state index in [4.69, 9.17) is 4.74 Å². The zero-order valence-corrected chi connectivity index (χ0v) is 17.2. The molecule has 1 heterocycles. The van der Waals surface area contributed by atoms with Crippen LogP contribution in [0.15, 0.2) is 52.1 Å². The van der Waals surface area contributed by atoms with Gasteiger partial charge in [0.2, 0.25) is 0 Å². The van der Waals surface area contributed by atoms with Crippen LogP contribution in [0.1, 0.15) is 11.1 Å². The quantitative estimate of drug-likeness (QED) is 0.388. The number of hydrogen-bond donors (Lipinski definition) is 4. The molecule has 0 unspecified atom stereocenters. The Morgan fingerprint density at radius 3 is 2.45 bits per heavy atom. The number of aromatic amines is 1. The van der Waals surface area contributed by atoms with E-state index in [2.05, 4.69) is 10.4 Å². The minimum absolute atomic E-state index is 0.0512. The summed E-state index contributed by atoms with van der Waals surface area (Å²) in [6.07, 6.45) is 0.829. The van der Waals surface area contributed by atoms with Gasteiger partial charge in [-0.1, -0.05) is 18.2 Å². The molecule has 3 aromatic rings. The molecule has 1 atom stereocenters. The summed E-state index contributed by atoms with van der Waals surface area (Å²) in [6, 6.07) is 10.5. The monoisotopic (exact) mass is 428 g/mol. The Kier molecular flexibility index (Phi) is 6.73. The van der Waals surface area contributed by atoms with E-state index >= 15 is 0 Å². The van der Waals surface area contributed by atoms with Gasteiger partial charge in [-0.05, 0) is 55.3 Å². The fourth-order valence-corrected chi connectivity index (χ4v) is 3.23. The van der Waals surface area contributed by atoms with Gasteiger partial charge in [-0.15, -0.1) is 0 Å². The van der Waals surface area contributed by atoms with E-state index < -0.39 is 23.4 Å². The number of hydrogen-bond acceptors (Lipinski definition) is 6. The van der Waals surface area contributed by atoms with Crippen LogP contribution in [-0.4, -0.2) is 57.3 Å². The van der Waals surface area contributed by atoms with Crippen LogP contribution in [0.25, 0.3) is 11.4 Å². The Bertz CT molecular complexity index is 1180. The highest BCUT2D eigenvalue weighted by molar-refractivity contribution is 5.74. The second-order valence-electron chi connectivity index (χ2n) is 6.99. The molecule has 0 aliphatic rings. The topological polar surface area (TPSA) is 139 Å². The lowest BCUT2D eigenvalue weighted by Gasteiger charge is -2.12. The fourth-order valence-electron chi connectivity index (χ4n) is 3.23. The highest BCUT2D eigenvalue weighted by atomic mass is 16.5. The van der Waals surface area contributed by atoms with Gasteiger partial charge in [-0.3, -0.25) is 4.79 Å². The third-order valence-corrected chi connectivity index (χ3v) is 4.95. The Morgan fingerprint density at radius 1 is 1.16 bits per heavy atom. The predicted molar refractivity (Wildman–Crippen MR) is 113 cm³/mol. The maximum Gasteiger partial charge on any atom is 0.356 e. The fraction of sp³-hybridized carbons (Fsp3) is 0.286. The lowest BCUT2D eigenvalue weighted by Crippen LogP contribution is -2.35. The molecule has 164 valence electrons. The van der Waals surface area contributed by atoms with Crippen LogP contribution < -0.4 is 16.7 Å². The molecule has 0 radical (unpaired) electrons. The number of phenolic OH excluding ortho intramolecular Hbond substituents is 1. The molecule has 0 fully saturated rings. The number of rotatable bonds is 9. The average Bonchev–Trinajstić information content (AvgIpc) is 3.05. The summed E-state index contributed by atoms with van der Waals surface area (Å²) in [5.74, 6) is -1.26. The number of carboxylic acid groups (broad SMARTS) is 1. The third kappa shape index (κ3) is 4.76. The van der Waals surface area contributed by atoms with Gasteiger partial charge in [0.05, 0.1) is 12.3 Å². The molecule has 0 saturated heterocycles. The number of benzene rings is 2. The maximum atomic E-state index is 13.0. The maximum absolute atomic E-state index is 13.0. The number of aliphatic carboxylic acids is 1. The molecule has 2 aromatic carbocycles. The molecule has 0 aliphatic carbocycles. The van der Waals surface area contributed by atoms with Crippen LogP contribution in [0.2, 0.25) is 0 Å². The number of carbonyl (C=O) groups is 1. The van der Waals surface area contributed by atoms with E-state index in [0.29, 0.717) is 24.3 Å². The van der Waals surface area contributed by atoms with E-state index in [1.54, 1.807) is 37.4 Å². The van der Waals surface area contributed by atoms with Gasteiger partial charge in [0.15, 0.2) is 0 Å². The number of ether oxygens (including phenoxy) is 1. The number of aromatic hydroxyl groups is 1. The lowest BCUT2D eigenvalue weighted by atomic mass is 10.1. The third-order valence-electron chi connectivity index (χ3n) is 4.95. The van der Waals surface area contributed by atoms with Gasteiger partial charge in [0.25, 0.3) is 0 Å². The lowest BCUT2D eigenvalue weighted by molar-refractivity contribution is -0.139. The molecule has 0 amide bonds. The molecule has 10 nitrogen and oxygen atoms in total. The van der Waals surface area contributed by atoms with Gasteiger partial charge in [-0.25, -0.2) is 19.3 Å². The number of aromatic nitrogens is 3. The summed E-state index contributed by atoms with van der Waals surface area (Å²) in [4.78, 5) is 36.7. The number of methoxy groups -OCH3 is 1. The van der Waals surface area contributed by atoms with Crippen molar-refractivity contribution in [1.82, 2.24) is 19.7 Å². The van der Waals surface area contributed by atoms with Gasteiger partial charge >= 0.3 is 17.3 Å². The Labute approximate surface area is 177 Å². The highest BCUT2D eigenvalue weighted by Gasteiger charge is 2.19. The zero-order chi connectivity index (χ0) is 22.5. The van der Waals surface area contributed by atoms with Crippen molar-refractivity contribution in [3.63, 3.8) is 0 Å². The largest absolute Gasteiger partial charge is 0.506 e. The number of carboxylic acids is 1. The first-order chi connectivity index (χ1) is 14.8. The standard InChI is InChI=1S/C21H24N4O6/c1-22-16(19(27)28)11-14-5-8-18(26)17(12-14)25-21(30)24(20(29)23-25)15-6-3-13(4-7-15)9-10-31-2/h3-8,12,16,22,26H,9-11H2,1-2H3,(H,23,29)(H,27,28)/t16-/m0/s1. The van der Waals surface area contributed by atoms with Crippen LogP contribution in [0.3, 0.4) is 0 Å². The normalized spacial score (nSPS) is 12.1. The molecule has 3 rings (SSSR count). The molecule has 10 heteroatoms.